The van der Waals surface area contributed by atoms with Gasteiger partial charge in [0.15, 0.2) is 0 Å². The quantitative estimate of drug-likeness (QED) is 0.947. The Hall–Kier alpha value is -1.69. The van der Waals surface area contributed by atoms with Crippen LogP contribution in [0.1, 0.15) is 5.69 Å². The van der Waals surface area contributed by atoms with Crippen molar-refractivity contribution in [1.29, 1.82) is 0 Å². The monoisotopic (exact) mass is 311 g/mol. The molecule has 1 amide bonds. The van der Waals surface area contributed by atoms with Gasteiger partial charge in [0.2, 0.25) is 5.91 Å². The lowest BCUT2D eigenvalue weighted by atomic mass is 10.3. The van der Waals surface area contributed by atoms with Crippen LogP contribution in [0.15, 0.2) is 34.9 Å². The molecule has 0 aliphatic carbocycles. The van der Waals surface area contributed by atoms with Crippen LogP contribution in [0.5, 0.6) is 0 Å². The van der Waals surface area contributed by atoms with E-state index in [0.29, 0.717) is 4.47 Å². The van der Waals surface area contributed by atoms with Crippen LogP contribution in [0.3, 0.4) is 0 Å². The number of aryl methyl sites for hydroxylation is 1. The Kier molecular flexibility index (Phi) is 3.76. The first-order valence-corrected chi connectivity index (χ1v) is 6.09. The number of nitrogens with one attached hydrogen (secondary N) is 1. The van der Waals surface area contributed by atoms with Gasteiger partial charge in [0.05, 0.1) is 5.69 Å². The first-order chi connectivity index (χ1) is 8.56. The molecule has 4 nitrogen and oxygen atoms in total. The largest absolute Gasteiger partial charge is 0.322 e. The summed E-state index contributed by atoms with van der Waals surface area (Å²) in [4.78, 5) is 11.7. The standard InChI is InChI=1S/C12H11BrFN3O/c1-8-4-5-15-17(8)7-12(18)16-11-3-2-9(13)6-10(11)14/h2-6H,7H2,1H3,(H,16,18). The van der Waals surface area contributed by atoms with E-state index in [2.05, 4.69) is 26.3 Å². The molecule has 2 aromatic rings. The van der Waals surface area contributed by atoms with Gasteiger partial charge >= 0.3 is 0 Å². The molecule has 0 saturated heterocycles. The fraction of sp³-hybridized carbons (Fsp3) is 0.167. The number of nitrogens with zero attached hydrogens (tertiary/aromatic N) is 2. The van der Waals surface area contributed by atoms with Crippen LogP contribution in [-0.4, -0.2) is 15.7 Å². The van der Waals surface area contributed by atoms with Crippen molar-refractivity contribution in [3.63, 3.8) is 0 Å². The highest BCUT2D eigenvalue weighted by Crippen LogP contribution is 2.19. The zero-order chi connectivity index (χ0) is 13.1. The number of hydrogen-bond donors (Lipinski definition) is 1. The Morgan fingerprint density at radius 1 is 1.50 bits per heavy atom. The lowest BCUT2D eigenvalue weighted by molar-refractivity contribution is -0.117. The van der Waals surface area contributed by atoms with Gasteiger partial charge in [-0.1, -0.05) is 15.9 Å². The molecule has 2 rings (SSSR count). The molecular formula is C12H11BrFN3O. The lowest BCUT2D eigenvalue weighted by Crippen LogP contribution is -2.20. The Morgan fingerprint density at radius 3 is 2.89 bits per heavy atom. The van der Waals surface area contributed by atoms with Crippen molar-refractivity contribution in [2.75, 3.05) is 5.32 Å². The van der Waals surface area contributed by atoms with Gasteiger partial charge in [-0.05, 0) is 31.2 Å². The maximum absolute atomic E-state index is 13.5. The molecule has 0 aliphatic rings. The van der Waals surface area contributed by atoms with Crippen molar-refractivity contribution >= 4 is 27.5 Å². The molecular weight excluding hydrogens is 301 g/mol. The normalized spacial score (nSPS) is 10.4. The summed E-state index contributed by atoms with van der Waals surface area (Å²) in [6.07, 6.45) is 1.61. The number of amides is 1. The van der Waals surface area contributed by atoms with Crippen molar-refractivity contribution in [3.05, 3.63) is 46.4 Å². The van der Waals surface area contributed by atoms with E-state index in [0.717, 1.165) is 5.69 Å². The molecule has 1 aromatic carbocycles. The van der Waals surface area contributed by atoms with Gasteiger partial charge in [-0.2, -0.15) is 5.10 Å². The Morgan fingerprint density at radius 2 is 2.28 bits per heavy atom. The molecule has 1 aromatic heterocycles. The lowest BCUT2D eigenvalue weighted by Gasteiger charge is -2.07. The third kappa shape index (κ3) is 2.95. The molecule has 0 fully saturated rings. The van der Waals surface area contributed by atoms with Gasteiger partial charge in [0.25, 0.3) is 0 Å². The minimum absolute atomic E-state index is 0.0638. The van der Waals surface area contributed by atoms with Gasteiger partial charge in [-0.25, -0.2) is 4.39 Å². The highest BCUT2D eigenvalue weighted by Gasteiger charge is 2.09. The minimum Gasteiger partial charge on any atom is -0.322 e. The number of halogens is 2. The summed E-state index contributed by atoms with van der Waals surface area (Å²) in [6, 6.07) is 6.27. The molecule has 6 heteroatoms. The first kappa shape index (κ1) is 12.8. The van der Waals surface area contributed by atoms with E-state index in [1.165, 1.54) is 12.1 Å². The van der Waals surface area contributed by atoms with Crippen LogP contribution in [0, 0.1) is 12.7 Å². The average Bonchev–Trinajstić information content (AvgIpc) is 2.69. The SMILES string of the molecule is Cc1ccnn1CC(=O)Nc1ccc(Br)cc1F. The van der Waals surface area contributed by atoms with Gasteiger partial charge in [-0.3, -0.25) is 9.48 Å². The summed E-state index contributed by atoms with van der Waals surface area (Å²) in [5.41, 5.74) is 1.04. The van der Waals surface area contributed by atoms with Crippen molar-refractivity contribution in [2.24, 2.45) is 0 Å². The fourth-order valence-electron chi connectivity index (χ4n) is 1.48. The highest BCUT2D eigenvalue weighted by atomic mass is 79.9. The molecule has 0 bridgehead atoms. The zero-order valence-corrected chi connectivity index (χ0v) is 11.2. The van der Waals surface area contributed by atoms with Crippen LogP contribution in [0.4, 0.5) is 10.1 Å². The highest BCUT2D eigenvalue weighted by molar-refractivity contribution is 9.10. The molecule has 0 spiro atoms. The van der Waals surface area contributed by atoms with E-state index in [1.54, 1.807) is 23.0 Å². The Labute approximate surface area is 112 Å². The smallest absolute Gasteiger partial charge is 0.246 e. The van der Waals surface area contributed by atoms with Crippen LogP contribution in [-0.2, 0) is 11.3 Å². The summed E-state index contributed by atoms with van der Waals surface area (Å²) in [5, 5.41) is 6.50. The Bertz CT molecular complexity index is 582. The van der Waals surface area contributed by atoms with E-state index in [4.69, 9.17) is 0 Å². The predicted octanol–water partition coefficient (Wildman–Crippen LogP) is 2.73. The minimum atomic E-state index is -0.477. The first-order valence-electron chi connectivity index (χ1n) is 5.29. The predicted molar refractivity (Wildman–Crippen MR) is 69.7 cm³/mol. The molecule has 0 aliphatic heterocycles. The summed E-state index contributed by atoms with van der Waals surface area (Å²) in [6.45, 7) is 1.91. The summed E-state index contributed by atoms with van der Waals surface area (Å²) >= 11 is 3.15. The van der Waals surface area contributed by atoms with Crippen LogP contribution in [0.25, 0.3) is 0 Å². The third-order valence-corrected chi connectivity index (χ3v) is 2.92. The number of carbonyl (C=O) groups excluding carboxylic acids is 1. The number of aromatic nitrogens is 2. The van der Waals surface area contributed by atoms with Crippen molar-refractivity contribution in [3.8, 4) is 0 Å². The van der Waals surface area contributed by atoms with Crippen LogP contribution >= 0.6 is 15.9 Å². The average molecular weight is 312 g/mol. The molecule has 1 N–H and O–H groups in total. The molecule has 0 unspecified atom stereocenters. The molecule has 1 heterocycles. The second-order valence-corrected chi connectivity index (χ2v) is 4.72. The number of benzene rings is 1. The van der Waals surface area contributed by atoms with Gasteiger partial charge in [-0.15, -0.1) is 0 Å². The van der Waals surface area contributed by atoms with E-state index >= 15 is 0 Å². The second-order valence-electron chi connectivity index (χ2n) is 3.80. The van der Waals surface area contributed by atoms with Crippen molar-refractivity contribution in [1.82, 2.24) is 9.78 Å². The second kappa shape index (κ2) is 5.30. The summed E-state index contributed by atoms with van der Waals surface area (Å²) in [5.74, 6) is -0.794. The van der Waals surface area contributed by atoms with Crippen molar-refractivity contribution < 1.29 is 9.18 Å². The summed E-state index contributed by atoms with van der Waals surface area (Å²) in [7, 11) is 0. The maximum atomic E-state index is 13.5. The van der Waals surface area contributed by atoms with E-state index < -0.39 is 5.82 Å². The zero-order valence-electron chi connectivity index (χ0n) is 9.65. The van der Waals surface area contributed by atoms with E-state index in [9.17, 15) is 9.18 Å². The fourth-order valence-corrected chi connectivity index (χ4v) is 1.81. The number of anilines is 1. The molecule has 0 radical (unpaired) electrons. The van der Waals surface area contributed by atoms with Gasteiger partial charge in [0, 0.05) is 16.4 Å². The van der Waals surface area contributed by atoms with Crippen molar-refractivity contribution in [2.45, 2.75) is 13.5 Å². The topological polar surface area (TPSA) is 46.9 Å². The Balaban J connectivity index is 2.05. The summed E-state index contributed by atoms with van der Waals surface area (Å²) < 4.78 is 15.7. The molecule has 94 valence electrons. The van der Waals surface area contributed by atoms with Gasteiger partial charge in [0.1, 0.15) is 12.4 Å². The number of hydrogen-bond acceptors (Lipinski definition) is 2. The van der Waals surface area contributed by atoms with Gasteiger partial charge < -0.3 is 5.32 Å². The number of carbonyl (C=O) groups is 1. The molecule has 0 atom stereocenters. The van der Waals surface area contributed by atoms with Crippen LogP contribution < -0.4 is 5.32 Å². The third-order valence-electron chi connectivity index (χ3n) is 2.43. The van der Waals surface area contributed by atoms with E-state index in [1.807, 2.05) is 6.92 Å². The van der Waals surface area contributed by atoms with Crippen LogP contribution in [0.2, 0.25) is 0 Å². The van der Waals surface area contributed by atoms with E-state index in [-0.39, 0.29) is 18.1 Å². The molecule has 18 heavy (non-hydrogen) atoms. The molecule has 0 saturated carbocycles. The maximum Gasteiger partial charge on any atom is 0.246 e. The number of rotatable bonds is 3.